The summed E-state index contributed by atoms with van der Waals surface area (Å²) >= 11 is 0. The van der Waals surface area contributed by atoms with Crippen LogP contribution in [0.25, 0.3) is 0 Å². The van der Waals surface area contributed by atoms with Crippen LogP contribution < -0.4 is 15.0 Å². The number of urea groups is 1. The molecule has 0 radical (unpaired) electrons. The van der Waals surface area contributed by atoms with Gasteiger partial charge in [-0.05, 0) is 36.8 Å². The van der Waals surface area contributed by atoms with Gasteiger partial charge in [-0.1, -0.05) is 12.1 Å². The molecular formula is C20H17FN4O2. The molecule has 0 bridgehead atoms. The SMILES string of the molecule is Cc1ccc(OCc2ncccc2F)cc1N1Cc2cccnc2NC1=O. The van der Waals surface area contributed by atoms with Crippen LogP contribution in [0.4, 0.5) is 20.7 Å². The fraction of sp³-hybridized carbons (Fsp3) is 0.150. The number of halogens is 1. The van der Waals surface area contributed by atoms with Crippen LogP contribution >= 0.6 is 0 Å². The van der Waals surface area contributed by atoms with Gasteiger partial charge in [-0.2, -0.15) is 0 Å². The van der Waals surface area contributed by atoms with Gasteiger partial charge < -0.3 is 4.74 Å². The van der Waals surface area contributed by atoms with E-state index in [4.69, 9.17) is 4.74 Å². The van der Waals surface area contributed by atoms with Gasteiger partial charge >= 0.3 is 6.03 Å². The first kappa shape index (κ1) is 17.0. The highest BCUT2D eigenvalue weighted by molar-refractivity contribution is 6.04. The van der Waals surface area contributed by atoms with Crippen molar-refractivity contribution in [2.75, 3.05) is 10.2 Å². The zero-order chi connectivity index (χ0) is 18.8. The van der Waals surface area contributed by atoms with Crippen molar-refractivity contribution < 1.29 is 13.9 Å². The van der Waals surface area contributed by atoms with Crippen molar-refractivity contribution >= 4 is 17.5 Å². The van der Waals surface area contributed by atoms with E-state index in [1.807, 2.05) is 25.1 Å². The highest BCUT2D eigenvalue weighted by atomic mass is 19.1. The number of aromatic nitrogens is 2. The smallest absolute Gasteiger partial charge is 0.327 e. The van der Waals surface area contributed by atoms with E-state index in [-0.39, 0.29) is 18.3 Å². The highest BCUT2D eigenvalue weighted by Gasteiger charge is 2.25. The number of carbonyl (C=O) groups excluding carboxylic acids is 1. The van der Waals surface area contributed by atoms with Crippen molar-refractivity contribution in [3.63, 3.8) is 0 Å². The number of hydrogen-bond acceptors (Lipinski definition) is 4. The predicted octanol–water partition coefficient (Wildman–Crippen LogP) is 4.06. The number of benzene rings is 1. The Bertz CT molecular complexity index is 1010. The molecule has 0 saturated carbocycles. The molecule has 2 aromatic heterocycles. The van der Waals surface area contributed by atoms with Crippen LogP contribution in [0.5, 0.6) is 5.75 Å². The molecule has 3 aromatic rings. The van der Waals surface area contributed by atoms with E-state index in [9.17, 15) is 9.18 Å². The number of hydrogen-bond donors (Lipinski definition) is 1. The van der Waals surface area contributed by atoms with Crippen LogP contribution in [0, 0.1) is 12.7 Å². The Labute approximate surface area is 155 Å². The Morgan fingerprint density at radius 3 is 2.85 bits per heavy atom. The number of rotatable bonds is 4. The number of pyridine rings is 2. The lowest BCUT2D eigenvalue weighted by molar-refractivity contribution is 0.255. The van der Waals surface area contributed by atoms with Crippen LogP contribution in [0.3, 0.4) is 0 Å². The monoisotopic (exact) mass is 364 g/mol. The van der Waals surface area contributed by atoms with Gasteiger partial charge in [-0.15, -0.1) is 0 Å². The van der Waals surface area contributed by atoms with Gasteiger partial charge in [0.15, 0.2) is 0 Å². The molecule has 1 N–H and O–H groups in total. The highest BCUT2D eigenvalue weighted by Crippen LogP contribution is 2.31. The van der Waals surface area contributed by atoms with Gasteiger partial charge in [0, 0.05) is 24.0 Å². The fourth-order valence-electron chi connectivity index (χ4n) is 2.93. The molecule has 1 aliphatic heterocycles. The van der Waals surface area contributed by atoms with E-state index in [0.717, 1.165) is 16.8 Å². The number of carbonyl (C=O) groups is 1. The van der Waals surface area contributed by atoms with Gasteiger partial charge in [0.25, 0.3) is 0 Å². The summed E-state index contributed by atoms with van der Waals surface area (Å²) in [7, 11) is 0. The van der Waals surface area contributed by atoms with Gasteiger partial charge in [0.1, 0.15) is 29.7 Å². The molecule has 27 heavy (non-hydrogen) atoms. The maximum Gasteiger partial charge on any atom is 0.327 e. The second-order valence-electron chi connectivity index (χ2n) is 6.20. The fourth-order valence-corrected chi connectivity index (χ4v) is 2.93. The lowest BCUT2D eigenvalue weighted by Gasteiger charge is -2.30. The van der Waals surface area contributed by atoms with Crippen molar-refractivity contribution in [2.24, 2.45) is 0 Å². The number of fused-ring (bicyclic) bond motifs is 1. The second kappa shape index (κ2) is 7.03. The third-order valence-corrected chi connectivity index (χ3v) is 4.37. The molecular weight excluding hydrogens is 347 g/mol. The van der Waals surface area contributed by atoms with Gasteiger partial charge in [-0.25, -0.2) is 14.2 Å². The Morgan fingerprint density at radius 2 is 2.00 bits per heavy atom. The Hall–Kier alpha value is -3.48. The van der Waals surface area contributed by atoms with Crippen molar-refractivity contribution in [2.45, 2.75) is 20.1 Å². The van der Waals surface area contributed by atoms with Crippen molar-refractivity contribution in [1.29, 1.82) is 0 Å². The number of ether oxygens (including phenoxy) is 1. The molecule has 1 aromatic carbocycles. The van der Waals surface area contributed by atoms with Crippen molar-refractivity contribution in [3.8, 4) is 5.75 Å². The van der Waals surface area contributed by atoms with E-state index in [1.165, 1.54) is 18.3 Å². The third-order valence-electron chi connectivity index (χ3n) is 4.37. The third kappa shape index (κ3) is 3.44. The molecule has 4 rings (SSSR count). The molecule has 7 heteroatoms. The van der Waals surface area contributed by atoms with E-state index in [0.29, 0.717) is 18.1 Å². The Kier molecular flexibility index (Phi) is 4.42. The van der Waals surface area contributed by atoms with E-state index >= 15 is 0 Å². The Morgan fingerprint density at radius 1 is 1.19 bits per heavy atom. The molecule has 3 heterocycles. The standard InChI is InChI=1S/C20H17FN4O2/c1-13-6-7-15(27-12-17-16(21)5-3-8-22-17)10-18(13)25-11-14-4-2-9-23-19(14)24-20(25)26/h2-10H,11-12H2,1H3,(H,23,24,26). The summed E-state index contributed by atoms with van der Waals surface area (Å²) in [5, 5.41) is 2.80. The summed E-state index contributed by atoms with van der Waals surface area (Å²) in [4.78, 5) is 22.3. The van der Waals surface area contributed by atoms with Crippen molar-refractivity contribution in [1.82, 2.24) is 9.97 Å². The first-order valence-corrected chi connectivity index (χ1v) is 8.47. The number of anilines is 2. The van der Waals surface area contributed by atoms with Crippen LogP contribution in [-0.4, -0.2) is 16.0 Å². The van der Waals surface area contributed by atoms with E-state index in [1.54, 1.807) is 23.2 Å². The normalized spacial score (nSPS) is 13.1. The van der Waals surface area contributed by atoms with Crippen LogP contribution in [0.1, 0.15) is 16.8 Å². The van der Waals surface area contributed by atoms with Gasteiger partial charge in [0.05, 0.1) is 12.2 Å². The van der Waals surface area contributed by atoms with Crippen LogP contribution in [0.2, 0.25) is 0 Å². The summed E-state index contributed by atoms with van der Waals surface area (Å²) in [6, 6.07) is 11.8. The topological polar surface area (TPSA) is 67.3 Å². The zero-order valence-electron chi connectivity index (χ0n) is 14.6. The number of amides is 2. The minimum Gasteiger partial charge on any atom is -0.487 e. The van der Waals surface area contributed by atoms with Gasteiger partial charge in [0.2, 0.25) is 0 Å². The minimum atomic E-state index is -0.413. The molecule has 0 spiro atoms. The molecule has 0 fully saturated rings. The molecule has 0 atom stereocenters. The summed E-state index contributed by atoms with van der Waals surface area (Å²) in [6.07, 6.45) is 3.16. The second-order valence-corrected chi connectivity index (χ2v) is 6.20. The van der Waals surface area contributed by atoms with Gasteiger partial charge in [-0.3, -0.25) is 15.2 Å². The summed E-state index contributed by atoms with van der Waals surface area (Å²) < 4.78 is 19.4. The van der Waals surface area contributed by atoms with Crippen LogP contribution in [0.15, 0.2) is 54.9 Å². The maximum absolute atomic E-state index is 13.7. The average molecular weight is 364 g/mol. The molecule has 2 amide bonds. The van der Waals surface area contributed by atoms with E-state index < -0.39 is 5.82 Å². The Balaban J connectivity index is 1.58. The predicted molar refractivity (Wildman–Crippen MR) is 99.1 cm³/mol. The molecule has 0 saturated heterocycles. The first-order chi connectivity index (χ1) is 13.1. The quantitative estimate of drug-likeness (QED) is 0.758. The van der Waals surface area contributed by atoms with Crippen LogP contribution in [-0.2, 0) is 13.2 Å². The molecule has 0 aliphatic carbocycles. The lowest BCUT2D eigenvalue weighted by atomic mass is 10.1. The number of nitrogens with zero attached hydrogens (tertiary/aromatic N) is 3. The number of aryl methyl sites for hydroxylation is 1. The molecule has 0 unspecified atom stereocenters. The maximum atomic E-state index is 13.7. The van der Waals surface area contributed by atoms with E-state index in [2.05, 4.69) is 15.3 Å². The molecule has 1 aliphatic rings. The zero-order valence-corrected chi connectivity index (χ0v) is 14.6. The minimum absolute atomic E-state index is 0.00806. The first-order valence-electron chi connectivity index (χ1n) is 8.47. The molecule has 136 valence electrons. The van der Waals surface area contributed by atoms with Crippen molar-refractivity contribution in [3.05, 3.63) is 77.5 Å². The number of nitrogens with one attached hydrogen (secondary N) is 1. The summed E-state index contributed by atoms with van der Waals surface area (Å²) in [5.41, 5.74) is 2.81. The largest absolute Gasteiger partial charge is 0.487 e. The lowest BCUT2D eigenvalue weighted by Crippen LogP contribution is -2.39. The summed E-state index contributed by atoms with van der Waals surface area (Å²) in [6.45, 7) is 2.34. The summed E-state index contributed by atoms with van der Waals surface area (Å²) in [5.74, 6) is 0.698. The average Bonchev–Trinajstić information content (AvgIpc) is 2.68. The molecule has 6 nitrogen and oxygen atoms in total.